The van der Waals surface area contributed by atoms with Gasteiger partial charge < -0.3 is 15.1 Å². The maximum Gasteiger partial charge on any atom is 0.0897 e. The molecule has 0 heterocycles. The molecule has 0 aliphatic rings. The Morgan fingerprint density at radius 1 is 0.938 bits per heavy atom. The van der Waals surface area contributed by atoms with Crippen LogP contribution in [-0.4, -0.2) is 47.5 Å². The van der Waals surface area contributed by atoms with Crippen LogP contribution in [0.25, 0.3) is 0 Å². The molecule has 0 rings (SSSR count). The minimum atomic E-state index is -0.580. The molecular weight excluding hydrogens is 202 g/mol. The second-order valence-electron chi connectivity index (χ2n) is 4.55. The highest BCUT2D eigenvalue weighted by Gasteiger charge is 2.09. The second-order valence-corrected chi connectivity index (χ2v) is 4.55. The lowest BCUT2D eigenvalue weighted by molar-refractivity contribution is 0.0580. The van der Waals surface area contributed by atoms with Crippen molar-refractivity contribution in [2.75, 3.05) is 26.2 Å². The van der Waals surface area contributed by atoms with E-state index in [2.05, 4.69) is 18.7 Å². The molecule has 2 N–H and O–H groups in total. The van der Waals surface area contributed by atoms with Gasteiger partial charge in [-0.1, -0.05) is 39.5 Å². The van der Waals surface area contributed by atoms with Crippen LogP contribution in [0.4, 0.5) is 0 Å². The van der Waals surface area contributed by atoms with Crippen molar-refractivity contribution in [3.05, 3.63) is 0 Å². The van der Waals surface area contributed by atoms with Gasteiger partial charge in [0.15, 0.2) is 0 Å². The predicted molar refractivity (Wildman–Crippen MR) is 68.6 cm³/mol. The highest BCUT2D eigenvalue weighted by atomic mass is 16.3. The molecule has 0 saturated carbocycles. The van der Waals surface area contributed by atoms with Gasteiger partial charge in [0.1, 0.15) is 0 Å². The average molecular weight is 231 g/mol. The van der Waals surface area contributed by atoms with Crippen LogP contribution in [0.1, 0.15) is 52.4 Å². The lowest BCUT2D eigenvalue weighted by atomic mass is 10.2. The molecule has 0 aromatic rings. The van der Waals surface area contributed by atoms with Gasteiger partial charge in [-0.3, -0.25) is 0 Å². The highest BCUT2D eigenvalue weighted by Crippen LogP contribution is 2.03. The van der Waals surface area contributed by atoms with E-state index >= 15 is 0 Å². The summed E-state index contributed by atoms with van der Waals surface area (Å²) in [5, 5.41) is 18.3. The third-order valence-electron chi connectivity index (χ3n) is 2.84. The van der Waals surface area contributed by atoms with E-state index in [1.54, 1.807) is 0 Å². The summed E-state index contributed by atoms with van der Waals surface area (Å²) in [6, 6.07) is 0. The van der Waals surface area contributed by atoms with Crippen molar-refractivity contribution in [3.8, 4) is 0 Å². The molecule has 0 saturated heterocycles. The first-order valence-electron chi connectivity index (χ1n) is 6.75. The minimum absolute atomic E-state index is 0.127. The molecule has 0 radical (unpaired) electrons. The van der Waals surface area contributed by atoms with Crippen LogP contribution in [0, 0.1) is 0 Å². The monoisotopic (exact) mass is 231 g/mol. The zero-order chi connectivity index (χ0) is 12.2. The molecule has 0 bridgehead atoms. The van der Waals surface area contributed by atoms with E-state index in [0.717, 1.165) is 13.1 Å². The third kappa shape index (κ3) is 9.13. The third-order valence-corrected chi connectivity index (χ3v) is 2.84. The van der Waals surface area contributed by atoms with Crippen LogP contribution in [0.15, 0.2) is 0 Å². The molecule has 1 unspecified atom stereocenters. The predicted octanol–water partition coefficient (Wildman–Crippen LogP) is 2.02. The van der Waals surface area contributed by atoms with Gasteiger partial charge in [0.25, 0.3) is 0 Å². The fraction of sp³-hybridized carbons (Fsp3) is 1.00. The largest absolute Gasteiger partial charge is 0.394 e. The van der Waals surface area contributed by atoms with E-state index in [4.69, 9.17) is 5.11 Å². The Morgan fingerprint density at radius 3 is 1.81 bits per heavy atom. The number of aliphatic hydroxyl groups excluding tert-OH is 2. The number of unbranched alkanes of at least 4 members (excludes halogenated alkanes) is 4. The lowest BCUT2D eigenvalue weighted by Gasteiger charge is -2.24. The van der Waals surface area contributed by atoms with Gasteiger partial charge in [0.2, 0.25) is 0 Å². The lowest BCUT2D eigenvalue weighted by Crippen LogP contribution is -2.35. The summed E-state index contributed by atoms with van der Waals surface area (Å²) in [7, 11) is 0. The summed E-state index contributed by atoms with van der Waals surface area (Å²) in [6.45, 7) is 6.99. The molecular formula is C13H29NO2. The summed E-state index contributed by atoms with van der Waals surface area (Å²) in [5.41, 5.74) is 0. The van der Waals surface area contributed by atoms with Crippen molar-refractivity contribution in [1.82, 2.24) is 4.90 Å². The minimum Gasteiger partial charge on any atom is -0.394 e. The standard InChI is InChI=1S/C13H29NO2/c1-3-5-7-9-14(10-8-6-4-2)11-13(16)12-15/h13,15-16H,3-12H2,1-2H3. The van der Waals surface area contributed by atoms with E-state index < -0.39 is 6.10 Å². The molecule has 0 aliphatic carbocycles. The quantitative estimate of drug-likeness (QED) is 0.535. The van der Waals surface area contributed by atoms with E-state index in [1.165, 1.54) is 38.5 Å². The second kappa shape index (κ2) is 11.4. The molecule has 0 spiro atoms. The number of nitrogens with zero attached hydrogens (tertiary/aromatic N) is 1. The Balaban J connectivity index is 3.75. The Hall–Kier alpha value is -0.120. The van der Waals surface area contributed by atoms with Gasteiger partial charge in [0, 0.05) is 6.54 Å². The number of aliphatic hydroxyl groups is 2. The van der Waals surface area contributed by atoms with Gasteiger partial charge in [-0.25, -0.2) is 0 Å². The van der Waals surface area contributed by atoms with Crippen LogP contribution < -0.4 is 0 Å². The van der Waals surface area contributed by atoms with Crippen LogP contribution in [0.3, 0.4) is 0 Å². The van der Waals surface area contributed by atoms with Crippen molar-refractivity contribution in [2.45, 2.75) is 58.5 Å². The van der Waals surface area contributed by atoms with Crippen molar-refractivity contribution < 1.29 is 10.2 Å². The van der Waals surface area contributed by atoms with Crippen molar-refractivity contribution >= 4 is 0 Å². The SMILES string of the molecule is CCCCCN(CCCCC)CC(O)CO. The van der Waals surface area contributed by atoms with Crippen LogP contribution in [0.2, 0.25) is 0 Å². The summed E-state index contributed by atoms with van der Waals surface area (Å²) < 4.78 is 0. The Kier molecular flexibility index (Phi) is 11.3. The fourth-order valence-corrected chi connectivity index (χ4v) is 1.82. The van der Waals surface area contributed by atoms with Gasteiger partial charge >= 0.3 is 0 Å². The smallest absolute Gasteiger partial charge is 0.0897 e. The maximum atomic E-state index is 9.45. The first-order valence-corrected chi connectivity index (χ1v) is 6.75. The first-order chi connectivity index (χ1) is 7.74. The van der Waals surface area contributed by atoms with Crippen LogP contribution in [-0.2, 0) is 0 Å². The van der Waals surface area contributed by atoms with Crippen molar-refractivity contribution in [2.24, 2.45) is 0 Å². The summed E-state index contributed by atoms with van der Waals surface area (Å²) >= 11 is 0. The van der Waals surface area contributed by atoms with Gasteiger partial charge in [0.05, 0.1) is 12.7 Å². The summed E-state index contributed by atoms with van der Waals surface area (Å²) in [4.78, 5) is 2.28. The zero-order valence-electron chi connectivity index (χ0n) is 11.0. The molecule has 98 valence electrons. The molecule has 3 nitrogen and oxygen atoms in total. The molecule has 0 aliphatic heterocycles. The molecule has 3 heteroatoms. The average Bonchev–Trinajstić information content (AvgIpc) is 2.29. The molecule has 1 atom stereocenters. The summed E-state index contributed by atoms with van der Waals surface area (Å²) in [6.07, 6.45) is 6.76. The molecule has 0 aromatic carbocycles. The Labute approximate surface area is 100 Å². The van der Waals surface area contributed by atoms with E-state index in [0.29, 0.717) is 6.54 Å². The Morgan fingerprint density at radius 2 is 1.44 bits per heavy atom. The van der Waals surface area contributed by atoms with E-state index in [-0.39, 0.29) is 6.61 Å². The van der Waals surface area contributed by atoms with E-state index in [1.807, 2.05) is 0 Å². The maximum absolute atomic E-state index is 9.45. The Bertz CT molecular complexity index is 132. The topological polar surface area (TPSA) is 43.7 Å². The molecule has 0 amide bonds. The van der Waals surface area contributed by atoms with Crippen molar-refractivity contribution in [1.29, 1.82) is 0 Å². The van der Waals surface area contributed by atoms with Crippen LogP contribution >= 0.6 is 0 Å². The van der Waals surface area contributed by atoms with Gasteiger partial charge in [-0.2, -0.15) is 0 Å². The van der Waals surface area contributed by atoms with Gasteiger partial charge in [-0.05, 0) is 25.9 Å². The van der Waals surface area contributed by atoms with Gasteiger partial charge in [-0.15, -0.1) is 0 Å². The zero-order valence-corrected chi connectivity index (χ0v) is 11.0. The van der Waals surface area contributed by atoms with Crippen LogP contribution in [0.5, 0.6) is 0 Å². The normalized spacial score (nSPS) is 13.3. The van der Waals surface area contributed by atoms with E-state index in [9.17, 15) is 5.11 Å². The summed E-state index contributed by atoms with van der Waals surface area (Å²) in [5.74, 6) is 0. The molecule has 0 aromatic heterocycles. The first kappa shape index (κ1) is 15.9. The molecule has 0 fully saturated rings. The molecule has 16 heavy (non-hydrogen) atoms. The number of hydrogen-bond donors (Lipinski definition) is 2. The number of hydrogen-bond acceptors (Lipinski definition) is 3. The number of rotatable bonds is 11. The highest BCUT2D eigenvalue weighted by molar-refractivity contribution is 4.64. The van der Waals surface area contributed by atoms with Crippen molar-refractivity contribution in [3.63, 3.8) is 0 Å². The fourth-order valence-electron chi connectivity index (χ4n) is 1.82.